The van der Waals surface area contributed by atoms with E-state index < -0.39 is 0 Å². The molecule has 2 atom stereocenters. The van der Waals surface area contributed by atoms with E-state index in [2.05, 4.69) is 41.4 Å². The molecule has 3 saturated heterocycles. The molecule has 3 aliphatic rings. The summed E-state index contributed by atoms with van der Waals surface area (Å²) in [5.74, 6) is 1.84. The van der Waals surface area contributed by atoms with Gasteiger partial charge in [0, 0.05) is 18.6 Å². The Morgan fingerprint density at radius 2 is 1.95 bits per heavy atom. The molecule has 1 N–H and O–H groups in total. The molecule has 2 unspecified atom stereocenters. The summed E-state index contributed by atoms with van der Waals surface area (Å²) in [5, 5.41) is 3.85. The lowest BCUT2D eigenvalue weighted by Crippen LogP contribution is -2.57. The van der Waals surface area contributed by atoms with Gasteiger partial charge in [-0.25, -0.2) is 0 Å². The third kappa shape index (κ3) is 3.15. The lowest BCUT2D eigenvalue weighted by molar-refractivity contribution is 0.0680. The Morgan fingerprint density at radius 1 is 1.25 bits per heavy atom. The van der Waals surface area contributed by atoms with Crippen LogP contribution in [0.1, 0.15) is 25.3 Å². The average Bonchev–Trinajstić information content (AvgIpc) is 2.49. The van der Waals surface area contributed by atoms with Crippen molar-refractivity contribution in [3.63, 3.8) is 0 Å². The van der Waals surface area contributed by atoms with Crippen molar-refractivity contribution in [2.75, 3.05) is 26.7 Å². The number of methoxy groups -OCH3 is 1. The molecule has 2 bridgehead atoms. The molecular formula is C17H26N2O. The van der Waals surface area contributed by atoms with E-state index in [0.29, 0.717) is 12.1 Å². The van der Waals surface area contributed by atoms with E-state index in [0.717, 1.165) is 18.1 Å². The third-order valence-corrected chi connectivity index (χ3v) is 4.86. The minimum absolute atomic E-state index is 0.536. The number of piperidine rings is 3. The van der Waals surface area contributed by atoms with Crippen LogP contribution in [-0.2, 0) is 6.42 Å². The first-order chi connectivity index (χ1) is 9.74. The van der Waals surface area contributed by atoms with Gasteiger partial charge in [0.15, 0.2) is 0 Å². The maximum absolute atomic E-state index is 5.21. The largest absolute Gasteiger partial charge is 0.497 e. The van der Waals surface area contributed by atoms with Crippen LogP contribution in [-0.4, -0.2) is 43.7 Å². The third-order valence-electron chi connectivity index (χ3n) is 4.86. The van der Waals surface area contributed by atoms with E-state index in [1.807, 2.05) is 0 Å². The highest BCUT2D eigenvalue weighted by molar-refractivity contribution is 5.27. The van der Waals surface area contributed by atoms with Crippen LogP contribution in [0, 0.1) is 5.92 Å². The second-order valence-electron chi connectivity index (χ2n) is 6.36. The number of hydrogen-bond acceptors (Lipinski definition) is 3. The number of fused-ring (bicyclic) bond motifs is 3. The van der Waals surface area contributed by atoms with Crippen LogP contribution < -0.4 is 10.1 Å². The second kappa shape index (κ2) is 6.15. The molecule has 3 fully saturated rings. The summed E-state index contributed by atoms with van der Waals surface area (Å²) in [4.78, 5) is 2.61. The van der Waals surface area contributed by atoms with Crippen molar-refractivity contribution in [2.24, 2.45) is 5.92 Å². The zero-order valence-corrected chi connectivity index (χ0v) is 12.6. The van der Waals surface area contributed by atoms with E-state index in [1.54, 1.807) is 7.11 Å². The molecule has 4 rings (SSSR count). The molecule has 0 aromatic heterocycles. The molecule has 20 heavy (non-hydrogen) atoms. The van der Waals surface area contributed by atoms with Crippen LogP contribution in [0.15, 0.2) is 24.3 Å². The fourth-order valence-electron chi connectivity index (χ4n) is 3.69. The van der Waals surface area contributed by atoms with E-state index in [-0.39, 0.29) is 0 Å². The van der Waals surface area contributed by atoms with Gasteiger partial charge in [0.1, 0.15) is 5.75 Å². The smallest absolute Gasteiger partial charge is 0.118 e. The Hall–Kier alpha value is -1.06. The van der Waals surface area contributed by atoms with Crippen molar-refractivity contribution in [3.05, 3.63) is 29.8 Å². The van der Waals surface area contributed by atoms with Gasteiger partial charge in [-0.15, -0.1) is 0 Å². The second-order valence-corrected chi connectivity index (χ2v) is 6.36. The summed E-state index contributed by atoms with van der Waals surface area (Å²) in [5.41, 5.74) is 1.38. The first kappa shape index (κ1) is 13.9. The Morgan fingerprint density at radius 3 is 2.50 bits per heavy atom. The SMILES string of the molecule is COc1ccc(CC(C)NC2CN3CCC2CC3)cc1. The van der Waals surface area contributed by atoms with E-state index in [9.17, 15) is 0 Å². The molecular weight excluding hydrogens is 248 g/mol. The Bertz CT molecular complexity index is 423. The van der Waals surface area contributed by atoms with Crippen molar-refractivity contribution in [1.82, 2.24) is 10.2 Å². The van der Waals surface area contributed by atoms with Crippen molar-refractivity contribution in [3.8, 4) is 5.75 Å². The molecule has 110 valence electrons. The van der Waals surface area contributed by atoms with E-state index in [4.69, 9.17) is 4.74 Å². The van der Waals surface area contributed by atoms with Gasteiger partial charge >= 0.3 is 0 Å². The number of nitrogens with one attached hydrogen (secondary N) is 1. The highest BCUT2D eigenvalue weighted by atomic mass is 16.5. The molecule has 1 aromatic carbocycles. The lowest BCUT2D eigenvalue weighted by atomic mass is 9.83. The minimum Gasteiger partial charge on any atom is -0.497 e. The molecule has 0 aliphatic carbocycles. The summed E-state index contributed by atoms with van der Waals surface area (Å²) in [6, 6.07) is 9.69. The number of ether oxygens (including phenoxy) is 1. The van der Waals surface area contributed by atoms with Crippen LogP contribution in [0.25, 0.3) is 0 Å². The van der Waals surface area contributed by atoms with Crippen LogP contribution in [0.5, 0.6) is 5.75 Å². The molecule has 0 radical (unpaired) electrons. The molecule has 3 aliphatic heterocycles. The van der Waals surface area contributed by atoms with Gasteiger partial charge in [0.2, 0.25) is 0 Å². The number of hydrogen-bond donors (Lipinski definition) is 1. The average molecular weight is 274 g/mol. The highest BCUT2D eigenvalue weighted by Gasteiger charge is 2.34. The van der Waals surface area contributed by atoms with Crippen LogP contribution in [0.4, 0.5) is 0 Å². The van der Waals surface area contributed by atoms with Gasteiger partial charge in [-0.3, -0.25) is 0 Å². The maximum Gasteiger partial charge on any atom is 0.118 e. The van der Waals surface area contributed by atoms with Crippen molar-refractivity contribution in [2.45, 2.75) is 38.3 Å². The first-order valence-corrected chi connectivity index (χ1v) is 7.86. The van der Waals surface area contributed by atoms with Crippen molar-refractivity contribution in [1.29, 1.82) is 0 Å². The Labute approximate surface area is 122 Å². The summed E-state index contributed by atoms with van der Waals surface area (Å²) < 4.78 is 5.21. The van der Waals surface area contributed by atoms with Gasteiger partial charge < -0.3 is 15.0 Å². The highest BCUT2D eigenvalue weighted by Crippen LogP contribution is 2.27. The summed E-state index contributed by atoms with van der Waals surface area (Å²) in [6.07, 6.45) is 3.85. The molecule has 3 nitrogen and oxygen atoms in total. The standard InChI is InChI=1S/C17H26N2O/c1-13(11-14-3-5-16(20-2)6-4-14)18-17-12-19-9-7-15(17)8-10-19/h3-6,13,15,17-18H,7-12H2,1-2H3. The van der Waals surface area contributed by atoms with E-state index in [1.165, 1.54) is 38.0 Å². The predicted molar refractivity (Wildman–Crippen MR) is 82.2 cm³/mol. The lowest BCUT2D eigenvalue weighted by Gasteiger charge is -2.46. The zero-order valence-electron chi connectivity index (χ0n) is 12.6. The van der Waals surface area contributed by atoms with E-state index >= 15 is 0 Å². The van der Waals surface area contributed by atoms with Crippen LogP contribution in [0.3, 0.4) is 0 Å². The Balaban J connectivity index is 1.52. The van der Waals surface area contributed by atoms with Gasteiger partial charge in [-0.05, 0) is 62.9 Å². The monoisotopic (exact) mass is 274 g/mol. The van der Waals surface area contributed by atoms with Gasteiger partial charge in [0.05, 0.1) is 7.11 Å². The number of rotatable bonds is 5. The summed E-state index contributed by atoms with van der Waals surface area (Å²) in [7, 11) is 1.71. The van der Waals surface area contributed by atoms with Crippen LogP contribution in [0.2, 0.25) is 0 Å². The van der Waals surface area contributed by atoms with Crippen LogP contribution >= 0.6 is 0 Å². The van der Waals surface area contributed by atoms with Gasteiger partial charge in [0.25, 0.3) is 0 Å². The topological polar surface area (TPSA) is 24.5 Å². The zero-order chi connectivity index (χ0) is 13.9. The molecule has 3 heterocycles. The first-order valence-electron chi connectivity index (χ1n) is 7.86. The van der Waals surface area contributed by atoms with Crippen molar-refractivity contribution < 1.29 is 4.74 Å². The molecule has 0 amide bonds. The number of benzene rings is 1. The quantitative estimate of drug-likeness (QED) is 0.892. The minimum atomic E-state index is 0.536. The molecule has 0 saturated carbocycles. The van der Waals surface area contributed by atoms with Crippen molar-refractivity contribution >= 4 is 0 Å². The maximum atomic E-state index is 5.21. The van der Waals surface area contributed by atoms with Gasteiger partial charge in [-0.1, -0.05) is 12.1 Å². The summed E-state index contributed by atoms with van der Waals surface area (Å²) in [6.45, 7) is 6.19. The fraction of sp³-hybridized carbons (Fsp3) is 0.647. The van der Waals surface area contributed by atoms with Gasteiger partial charge in [-0.2, -0.15) is 0 Å². The molecule has 1 aromatic rings. The number of nitrogens with zero attached hydrogens (tertiary/aromatic N) is 1. The fourth-order valence-corrected chi connectivity index (χ4v) is 3.69. The predicted octanol–water partition coefficient (Wildman–Crippen LogP) is 2.31. The Kier molecular flexibility index (Phi) is 4.27. The normalized spacial score (nSPS) is 30.2. The molecule has 3 heteroatoms. The summed E-state index contributed by atoms with van der Waals surface area (Å²) >= 11 is 0. The molecule has 0 spiro atoms.